The van der Waals surface area contributed by atoms with E-state index in [4.69, 9.17) is 0 Å². The molecule has 3 aromatic rings. The van der Waals surface area contributed by atoms with Gasteiger partial charge in [-0.2, -0.15) is 0 Å². The van der Waals surface area contributed by atoms with Gasteiger partial charge in [0.1, 0.15) is 30.1 Å². The molecule has 0 aliphatic heterocycles. The van der Waals surface area contributed by atoms with Crippen molar-refractivity contribution < 1.29 is 9.18 Å². The fourth-order valence-corrected chi connectivity index (χ4v) is 1.86. The molecule has 23 heavy (non-hydrogen) atoms. The van der Waals surface area contributed by atoms with E-state index in [1.807, 2.05) is 0 Å². The van der Waals surface area contributed by atoms with Crippen molar-refractivity contribution in [2.75, 3.05) is 5.32 Å². The molecular formula is C16H12FN5O. The van der Waals surface area contributed by atoms with Crippen molar-refractivity contribution in [1.29, 1.82) is 0 Å². The first-order chi connectivity index (χ1) is 11.2. The van der Waals surface area contributed by atoms with Gasteiger partial charge in [0.05, 0.1) is 0 Å². The molecule has 0 fully saturated rings. The largest absolute Gasteiger partial charge is 0.307 e. The van der Waals surface area contributed by atoms with Gasteiger partial charge in [0, 0.05) is 24.5 Å². The van der Waals surface area contributed by atoms with Crippen LogP contribution in [0.3, 0.4) is 0 Å². The summed E-state index contributed by atoms with van der Waals surface area (Å²) in [7, 11) is 0. The van der Waals surface area contributed by atoms with Gasteiger partial charge >= 0.3 is 0 Å². The number of halogens is 1. The van der Waals surface area contributed by atoms with E-state index >= 15 is 0 Å². The van der Waals surface area contributed by atoms with Crippen molar-refractivity contribution in [2.24, 2.45) is 0 Å². The van der Waals surface area contributed by atoms with Crippen LogP contribution in [0, 0.1) is 5.82 Å². The summed E-state index contributed by atoms with van der Waals surface area (Å²) < 4.78 is 14.5. The van der Waals surface area contributed by atoms with E-state index in [2.05, 4.69) is 20.3 Å². The first-order valence-corrected chi connectivity index (χ1v) is 6.76. The summed E-state index contributed by atoms with van der Waals surface area (Å²) >= 11 is 0. The van der Waals surface area contributed by atoms with Crippen molar-refractivity contribution in [2.45, 2.75) is 0 Å². The summed E-state index contributed by atoms with van der Waals surface area (Å²) in [4.78, 5) is 23.9. The molecule has 1 N–H and O–H groups in total. The van der Waals surface area contributed by atoms with Crippen LogP contribution >= 0.6 is 0 Å². The minimum absolute atomic E-state index is 0.320. The summed E-state index contributed by atoms with van der Waals surface area (Å²) in [6, 6.07) is 7.46. The van der Waals surface area contributed by atoms with E-state index in [0.29, 0.717) is 11.6 Å². The molecule has 0 unspecified atom stereocenters. The summed E-state index contributed by atoms with van der Waals surface area (Å²) in [5, 5.41) is 2.64. The molecule has 0 radical (unpaired) electrons. The highest BCUT2D eigenvalue weighted by molar-refractivity contribution is 6.01. The average molecular weight is 309 g/mol. The quantitative estimate of drug-likeness (QED) is 0.751. The third-order valence-corrected chi connectivity index (χ3v) is 2.97. The Morgan fingerprint density at radius 2 is 2.04 bits per heavy atom. The lowest BCUT2D eigenvalue weighted by Gasteiger charge is -2.04. The smallest absolute Gasteiger partial charge is 0.249 e. The molecule has 0 saturated carbocycles. The topological polar surface area (TPSA) is 72.7 Å². The lowest BCUT2D eigenvalue weighted by Crippen LogP contribution is -2.10. The molecule has 0 saturated heterocycles. The van der Waals surface area contributed by atoms with E-state index in [9.17, 15) is 9.18 Å². The maximum absolute atomic E-state index is 12.8. The molecule has 0 aliphatic rings. The maximum Gasteiger partial charge on any atom is 0.249 e. The minimum Gasteiger partial charge on any atom is -0.307 e. The van der Waals surface area contributed by atoms with Crippen molar-refractivity contribution in [3.63, 3.8) is 0 Å². The van der Waals surface area contributed by atoms with Crippen molar-refractivity contribution in [1.82, 2.24) is 19.5 Å². The predicted molar refractivity (Wildman–Crippen MR) is 83.2 cm³/mol. The van der Waals surface area contributed by atoms with Gasteiger partial charge in [-0.05, 0) is 23.8 Å². The third-order valence-electron chi connectivity index (χ3n) is 2.97. The number of anilines is 1. The van der Waals surface area contributed by atoms with Gasteiger partial charge in [0.25, 0.3) is 0 Å². The number of aromatic nitrogens is 4. The molecule has 3 rings (SSSR count). The number of hydrogen-bond donors (Lipinski definition) is 1. The third kappa shape index (κ3) is 3.85. The lowest BCUT2D eigenvalue weighted by molar-refractivity contribution is -0.111. The standard InChI is InChI=1S/C16H12FN5O/c17-13-4-1-12(2-5-13)3-6-16(23)21-14-9-15(20-10-19-14)22-8-7-18-11-22/h1-11H,(H,19,20,21,23)/b6-3+. The first-order valence-electron chi connectivity index (χ1n) is 6.76. The van der Waals surface area contributed by atoms with E-state index in [-0.39, 0.29) is 11.7 Å². The van der Waals surface area contributed by atoms with Crippen LogP contribution in [0.15, 0.2) is 61.5 Å². The highest BCUT2D eigenvalue weighted by Gasteiger charge is 2.03. The van der Waals surface area contributed by atoms with Crippen LogP contribution in [0.1, 0.15) is 5.56 Å². The average Bonchev–Trinajstić information content (AvgIpc) is 3.09. The summed E-state index contributed by atoms with van der Waals surface area (Å²) in [6.45, 7) is 0. The number of benzene rings is 1. The number of nitrogens with one attached hydrogen (secondary N) is 1. The molecule has 0 atom stereocenters. The Morgan fingerprint density at radius 3 is 2.78 bits per heavy atom. The van der Waals surface area contributed by atoms with Crippen molar-refractivity contribution >= 4 is 17.8 Å². The van der Waals surface area contributed by atoms with Gasteiger partial charge in [-0.3, -0.25) is 9.36 Å². The monoisotopic (exact) mass is 309 g/mol. The number of carbonyl (C=O) groups is 1. The van der Waals surface area contributed by atoms with Crippen molar-refractivity contribution in [3.05, 3.63) is 72.8 Å². The molecule has 1 amide bonds. The van der Waals surface area contributed by atoms with E-state index in [0.717, 1.165) is 5.56 Å². The van der Waals surface area contributed by atoms with Crippen LogP contribution in [0.2, 0.25) is 0 Å². The zero-order chi connectivity index (χ0) is 16.1. The second-order valence-corrected chi connectivity index (χ2v) is 4.61. The Hall–Kier alpha value is -3.35. The van der Waals surface area contributed by atoms with Crippen LogP contribution in [0.5, 0.6) is 0 Å². The summed E-state index contributed by atoms with van der Waals surface area (Å²) in [6.07, 6.45) is 9.27. The lowest BCUT2D eigenvalue weighted by atomic mass is 10.2. The second-order valence-electron chi connectivity index (χ2n) is 4.61. The number of carbonyl (C=O) groups excluding carboxylic acids is 1. The number of hydrogen-bond acceptors (Lipinski definition) is 4. The Bertz CT molecular complexity index is 828. The van der Waals surface area contributed by atoms with Crippen LogP contribution in [0.25, 0.3) is 11.9 Å². The summed E-state index contributed by atoms with van der Waals surface area (Å²) in [5.74, 6) is 0.303. The Kier molecular flexibility index (Phi) is 4.19. The van der Waals surface area contributed by atoms with Crippen LogP contribution in [-0.2, 0) is 4.79 Å². The molecule has 2 aromatic heterocycles. The van der Waals surface area contributed by atoms with Crippen LogP contribution < -0.4 is 5.32 Å². The highest BCUT2D eigenvalue weighted by atomic mass is 19.1. The molecule has 0 bridgehead atoms. The molecule has 0 aliphatic carbocycles. The van der Waals surface area contributed by atoms with Crippen LogP contribution in [0.4, 0.5) is 10.2 Å². The Balaban J connectivity index is 1.68. The number of amides is 1. The van der Waals surface area contributed by atoms with E-state index < -0.39 is 0 Å². The Morgan fingerprint density at radius 1 is 1.22 bits per heavy atom. The molecule has 2 heterocycles. The molecule has 0 spiro atoms. The molecular weight excluding hydrogens is 297 g/mol. The zero-order valence-corrected chi connectivity index (χ0v) is 11.9. The zero-order valence-electron chi connectivity index (χ0n) is 11.9. The summed E-state index contributed by atoms with van der Waals surface area (Å²) in [5.41, 5.74) is 0.725. The van der Waals surface area contributed by atoms with Gasteiger partial charge < -0.3 is 5.32 Å². The van der Waals surface area contributed by atoms with Gasteiger partial charge in [-0.25, -0.2) is 19.3 Å². The van der Waals surface area contributed by atoms with Gasteiger partial charge in [-0.1, -0.05) is 12.1 Å². The fourth-order valence-electron chi connectivity index (χ4n) is 1.86. The van der Waals surface area contributed by atoms with Crippen LogP contribution in [-0.4, -0.2) is 25.4 Å². The highest BCUT2D eigenvalue weighted by Crippen LogP contribution is 2.09. The minimum atomic E-state index is -0.343. The molecule has 6 nitrogen and oxygen atoms in total. The first kappa shape index (κ1) is 14.6. The predicted octanol–water partition coefficient (Wildman–Crippen LogP) is 2.45. The van der Waals surface area contributed by atoms with Gasteiger partial charge in [0.2, 0.25) is 5.91 Å². The molecule has 114 valence electrons. The van der Waals surface area contributed by atoms with E-state index in [1.165, 1.54) is 24.5 Å². The second kappa shape index (κ2) is 6.61. The number of nitrogens with zero attached hydrogens (tertiary/aromatic N) is 4. The maximum atomic E-state index is 12.8. The number of imidazole rings is 1. The van der Waals surface area contributed by atoms with Gasteiger partial charge in [0.15, 0.2) is 0 Å². The van der Waals surface area contributed by atoms with Gasteiger partial charge in [-0.15, -0.1) is 0 Å². The van der Waals surface area contributed by atoms with E-state index in [1.54, 1.807) is 47.6 Å². The Labute approximate surface area is 131 Å². The van der Waals surface area contributed by atoms with Crippen molar-refractivity contribution in [3.8, 4) is 5.82 Å². The molecule has 7 heteroatoms. The number of rotatable bonds is 4. The SMILES string of the molecule is O=C(/C=C/c1ccc(F)cc1)Nc1cc(-n2ccnc2)ncn1. The fraction of sp³-hybridized carbons (Fsp3) is 0. The molecule has 1 aromatic carbocycles. The normalized spacial score (nSPS) is 10.8.